The van der Waals surface area contributed by atoms with Crippen molar-refractivity contribution >= 4 is 17.5 Å². The van der Waals surface area contributed by atoms with Crippen LogP contribution in [0.5, 0.6) is 0 Å². The number of nitrogens with zero attached hydrogens (tertiary/aromatic N) is 1. The average Bonchev–Trinajstić information content (AvgIpc) is 2.91. The maximum atomic E-state index is 13.7. The van der Waals surface area contributed by atoms with Gasteiger partial charge in [0, 0.05) is 30.1 Å². The van der Waals surface area contributed by atoms with Gasteiger partial charge in [0.05, 0.1) is 12.0 Å². The minimum absolute atomic E-state index is 0.0539. The third kappa shape index (κ3) is 4.35. The van der Waals surface area contributed by atoms with Gasteiger partial charge in [-0.1, -0.05) is 64.5 Å². The zero-order valence-electron chi connectivity index (χ0n) is 25.1. The molecule has 4 saturated carbocycles. The average molecular weight is 536 g/mol. The van der Waals surface area contributed by atoms with Gasteiger partial charge in [-0.05, 0) is 81.2 Å². The second kappa shape index (κ2) is 10.5. The van der Waals surface area contributed by atoms with E-state index in [2.05, 4.69) is 64.4 Å². The topological polar surface area (TPSA) is 63.7 Å². The van der Waals surface area contributed by atoms with E-state index in [0.717, 1.165) is 51.6 Å². The van der Waals surface area contributed by atoms with Crippen LogP contribution in [0.3, 0.4) is 0 Å². The van der Waals surface area contributed by atoms with E-state index in [0.29, 0.717) is 42.8 Å². The normalized spacial score (nSPS) is 40.8. The summed E-state index contributed by atoms with van der Waals surface area (Å²) in [5, 5.41) is 0. The predicted octanol–water partition coefficient (Wildman–Crippen LogP) is 5.86. The summed E-state index contributed by atoms with van der Waals surface area (Å²) in [5.74, 6) is 7.57. The molecular formula is C34H49NO4. The molecule has 6 aliphatic carbocycles. The van der Waals surface area contributed by atoms with E-state index in [1.165, 1.54) is 5.57 Å². The van der Waals surface area contributed by atoms with Crippen molar-refractivity contribution in [3.63, 3.8) is 0 Å². The molecule has 0 N–H and O–H groups in total. The molecule has 0 amide bonds. The van der Waals surface area contributed by atoms with Crippen LogP contribution in [0.15, 0.2) is 11.6 Å². The Bertz CT molecular complexity index is 1110. The van der Waals surface area contributed by atoms with Crippen molar-refractivity contribution < 1.29 is 19.1 Å². The van der Waals surface area contributed by atoms with Gasteiger partial charge in [0.1, 0.15) is 11.6 Å². The van der Waals surface area contributed by atoms with Crippen LogP contribution < -0.4 is 0 Å². The molecule has 0 heterocycles. The number of hydrogen-bond donors (Lipinski definition) is 0. The first kappa shape index (κ1) is 28.6. The van der Waals surface area contributed by atoms with Gasteiger partial charge in [-0.2, -0.15) is 0 Å². The Morgan fingerprint density at radius 3 is 2.46 bits per heavy atom. The van der Waals surface area contributed by atoms with Crippen molar-refractivity contribution in [2.75, 3.05) is 26.2 Å². The van der Waals surface area contributed by atoms with Gasteiger partial charge in [-0.15, -0.1) is 0 Å². The second-order valence-corrected chi connectivity index (χ2v) is 14.0. The summed E-state index contributed by atoms with van der Waals surface area (Å²) in [5.41, 5.74) is 0.582. The molecule has 1 spiro atoms. The highest BCUT2D eigenvalue weighted by Crippen LogP contribution is 2.74. The van der Waals surface area contributed by atoms with Crippen LogP contribution in [0, 0.1) is 63.6 Å². The van der Waals surface area contributed by atoms with Crippen molar-refractivity contribution in [1.29, 1.82) is 0 Å². The number of allylic oxidation sites excluding steroid dienone is 2. The standard InChI is InChI=1S/C34H49NO4/c1-7-35(8-2)18-9-10-19-39-31(38)33(6)16-11-15-32(5)27(33)14-17-34-21-24(22(3)4)23(20-28(32)34)29-25(36)12-13-26(37)30(29)34/h21-23,27-30H,7-8,11-20H2,1-6H3/t23-,27+,28+,29-,30+,32-,33+,34-/m0/s1. The molecule has 8 atom stereocenters. The van der Waals surface area contributed by atoms with Crippen LogP contribution in [0.4, 0.5) is 0 Å². The highest BCUT2D eigenvalue weighted by Gasteiger charge is 2.70. The number of Topliss-reactive ketones (excluding diaryl/α,β-unsaturated/α-hetero) is 2. The summed E-state index contributed by atoms with van der Waals surface area (Å²) in [6, 6.07) is 0. The van der Waals surface area contributed by atoms with E-state index in [9.17, 15) is 14.4 Å². The molecule has 0 saturated heterocycles. The SMILES string of the molecule is CCN(CC)CC#CCOC(=O)[C@]1(C)CCC[C@]2(C)[C@H]3C[C@H]4C(C(C)C)=C[C@]3(CC[C@H]21)[C@@H]1C(=O)CCC(=O)[C@@H]14. The Morgan fingerprint density at radius 2 is 1.77 bits per heavy atom. The highest BCUT2D eigenvalue weighted by atomic mass is 16.5. The van der Waals surface area contributed by atoms with Crippen LogP contribution in [0.2, 0.25) is 0 Å². The summed E-state index contributed by atoms with van der Waals surface area (Å²) in [6.45, 7) is 16.0. The summed E-state index contributed by atoms with van der Waals surface area (Å²) < 4.78 is 5.85. The van der Waals surface area contributed by atoms with Crippen LogP contribution in [-0.2, 0) is 19.1 Å². The monoisotopic (exact) mass is 535 g/mol. The molecule has 0 unspecified atom stereocenters. The molecule has 5 nitrogen and oxygen atoms in total. The smallest absolute Gasteiger partial charge is 0.313 e. The van der Waals surface area contributed by atoms with Gasteiger partial charge in [-0.3, -0.25) is 19.3 Å². The molecule has 0 radical (unpaired) electrons. The lowest BCUT2D eigenvalue weighted by molar-refractivity contribution is -0.202. The summed E-state index contributed by atoms with van der Waals surface area (Å²) in [7, 11) is 0. The Kier molecular flexibility index (Phi) is 7.68. The fourth-order valence-corrected chi connectivity index (χ4v) is 10.3. The van der Waals surface area contributed by atoms with E-state index < -0.39 is 5.41 Å². The molecule has 5 heteroatoms. The number of ether oxygens (including phenoxy) is 1. The van der Waals surface area contributed by atoms with Crippen molar-refractivity contribution in [1.82, 2.24) is 4.90 Å². The second-order valence-electron chi connectivity index (χ2n) is 14.0. The first-order chi connectivity index (χ1) is 18.5. The van der Waals surface area contributed by atoms with Crippen LogP contribution in [-0.4, -0.2) is 48.7 Å². The third-order valence-electron chi connectivity index (χ3n) is 12.1. The molecular weight excluding hydrogens is 486 g/mol. The van der Waals surface area contributed by atoms with Crippen molar-refractivity contribution in [2.24, 2.45) is 51.8 Å². The number of esters is 1. The lowest BCUT2D eigenvalue weighted by atomic mass is 9.33. The number of fused-ring (bicyclic) bond motifs is 1. The molecule has 6 aliphatic rings. The summed E-state index contributed by atoms with van der Waals surface area (Å²) >= 11 is 0. The minimum Gasteiger partial charge on any atom is -0.452 e. The van der Waals surface area contributed by atoms with Crippen molar-refractivity contribution in [3.8, 4) is 11.8 Å². The van der Waals surface area contributed by atoms with E-state index in [1.807, 2.05) is 0 Å². The first-order valence-electron chi connectivity index (χ1n) is 15.7. The molecule has 0 aromatic carbocycles. The Balaban J connectivity index is 1.42. The number of ketones is 2. The van der Waals surface area contributed by atoms with Gasteiger partial charge < -0.3 is 4.74 Å². The van der Waals surface area contributed by atoms with Gasteiger partial charge in [0.2, 0.25) is 0 Å². The van der Waals surface area contributed by atoms with Gasteiger partial charge >= 0.3 is 5.97 Å². The number of rotatable bonds is 6. The molecule has 2 bridgehead atoms. The Morgan fingerprint density at radius 1 is 1.05 bits per heavy atom. The summed E-state index contributed by atoms with van der Waals surface area (Å²) in [6.07, 6.45) is 9.04. The van der Waals surface area contributed by atoms with Gasteiger partial charge in [-0.25, -0.2) is 0 Å². The molecule has 39 heavy (non-hydrogen) atoms. The molecule has 4 fully saturated rings. The quantitative estimate of drug-likeness (QED) is 0.242. The number of carbonyl (C=O) groups excluding carboxylic acids is 3. The highest BCUT2D eigenvalue weighted by molar-refractivity contribution is 5.98. The molecule has 0 aliphatic heterocycles. The molecule has 6 rings (SSSR count). The largest absolute Gasteiger partial charge is 0.452 e. The summed E-state index contributed by atoms with van der Waals surface area (Å²) in [4.78, 5) is 42.8. The maximum Gasteiger partial charge on any atom is 0.313 e. The molecule has 0 aromatic rings. The predicted molar refractivity (Wildman–Crippen MR) is 152 cm³/mol. The Labute approximate surface area is 235 Å². The zero-order valence-corrected chi connectivity index (χ0v) is 25.1. The lowest BCUT2D eigenvalue weighted by Crippen LogP contribution is -2.67. The van der Waals surface area contributed by atoms with E-state index in [1.54, 1.807) is 0 Å². The van der Waals surface area contributed by atoms with Gasteiger partial charge in [0.25, 0.3) is 0 Å². The van der Waals surface area contributed by atoms with Crippen LogP contribution in [0.25, 0.3) is 0 Å². The minimum atomic E-state index is -0.539. The first-order valence-corrected chi connectivity index (χ1v) is 15.7. The zero-order chi connectivity index (χ0) is 28.2. The van der Waals surface area contributed by atoms with Crippen LogP contribution >= 0.6 is 0 Å². The van der Waals surface area contributed by atoms with Crippen molar-refractivity contribution in [2.45, 2.75) is 92.9 Å². The molecule has 0 aromatic heterocycles. The van der Waals surface area contributed by atoms with E-state index in [4.69, 9.17) is 4.74 Å². The van der Waals surface area contributed by atoms with E-state index >= 15 is 0 Å². The Hall–Kier alpha value is -1.93. The fraction of sp³-hybridized carbons (Fsp3) is 0.794. The number of hydrogen-bond acceptors (Lipinski definition) is 5. The van der Waals surface area contributed by atoms with Crippen molar-refractivity contribution in [3.05, 3.63) is 11.6 Å². The van der Waals surface area contributed by atoms with E-state index in [-0.39, 0.29) is 47.1 Å². The lowest BCUT2D eigenvalue weighted by Gasteiger charge is -2.70. The van der Waals surface area contributed by atoms with Crippen LogP contribution in [0.1, 0.15) is 92.9 Å². The van der Waals surface area contributed by atoms with Gasteiger partial charge in [0.15, 0.2) is 6.61 Å². The number of carbonyl (C=O) groups is 3. The maximum absolute atomic E-state index is 13.7. The third-order valence-corrected chi connectivity index (χ3v) is 12.1. The fourth-order valence-electron chi connectivity index (χ4n) is 10.3. The molecule has 214 valence electrons.